The largest absolute Gasteiger partial charge is 0.396 e. The number of methoxy groups -OCH3 is 1. The first-order valence-electron chi connectivity index (χ1n) is 5.54. The van der Waals surface area contributed by atoms with Crippen LogP contribution in [0.4, 0.5) is 11.4 Å². The summed E-state index contributed by atoms with van der Waals surface area (Å²) in [6, 6.07) is 6.10. The van der Waals surface area contributed by atoms with Crippen LogP contribution in [0.25, 0.3) is 0 Å². The van der Waals surface area contributed by atoms with Gasteiger partial charge in [0.1, 0.15) is 0 Å². The molecule has 0 amide bonds. The van der Waals surface area contributed by atoms with Gasteiger partial charge in [-0.25, -0.2) is 0 Å². The number of nitrogens with one attached hydrogen (secondary N) is 1. The molecular formula is C12H17ClN2O. The number of anilines is 2. The van der Waals surface area contributed by atoms with Crippen molar-refractivity contribution in [1.82, 2.24) is 0 Å². The molecule has 88 valence electrons. The van der Waals surface area contributed by atoms with Gasteiger partial charge in [0.05, 0.1) is 22.5 Å². The summed E-state index contributed by atoms with van der Waals surface area (Å²) in [4.78, 5) is 0. The number of hydrogen-bond donors (Lipinski definition) is 2. The fraction of sp³-hybridized carbons (Fsp3) is 0.500. The van der Waals surface area contributed by atoms with Gasteiger partial charge in [-0.15, -0.1) is 0 Å². The van der Waals surface area contributed by atoms with Gasteiger partial charge >= 0.3 is 0 Å². The van der Waals surface area contributed by atoms with Crippen molar-refractivity contribution < 1.29 is 4.74 Å². The Morgan fingerprint density at radius 1 is 1.44 bits per heavy atom. The molecule has 1 aromatic carbocycles. The monoisotopic (exact) mass is 240 g/mol. The number of hydrogen-bond acceptors (Lipinski definition) is 3. The number of nitrogen functional groups attached to an aromatic ring is 1. The minimum absolute atomic E-state index is 0.373. The van der Waals surface area contributed by atoms with Crippen molar-refractivity contribution in [2.45, 2.75) is 31.4 Å². The Morgan fingerprint density at radius 3 is 2.94 bits per heavy atom. The van der Waals surface area contributed by atoms with E-state index in [1.807, 2.05) is 12.1 Å². The van der Waals surface area contributed by atoms with Crippen LogP contribution in [-0.4, -0.2) is 19.3 Å². The van der Waals surface area contributed by atoms with E-state index in [0.717, 1.165) is 24.9 Å². The highest BCUT2D eigenvalue weighted by Crippen LogP contribution is 2.30. The molecule has 0 aromatic heterocycles. The fourth-order valence-corrected chi connectivity index (χ4v) is 2.34. The average molecular weight is 241 g/mol. The van der Waals surface area contributed by atoms with E-state index < -0.39 is 0 Å². The summed E-state index contributed by atoms with van der Waals surface area (Å²) >= 11 is 5.97. The Morgan fingerprint density at radius 2 is 2.25 bits per heavy atom. The van der Waals surface area contributed by atoms with Gasteiger partial charge < -0.3 is 15.8 Å². The van der Waals surface area contributed by atoms with E-state index in [-0.39, 0.29) is 0 Å². The van der Waals surface area contributed by atoms with Crippen molar-refractivity contribution in [2.24, 2.45) is 0 Å². The van der Waals surface area contributed by atoms with Crippen LogP contribution in [0.3, 0.4) is 0 Å². The fourth-order valence-electron chi connectivity index (χ4n) is 2.17. The summed E-state index contributed by atoms with van der Waals surface area (Å²) < 4.78 is 5.34. The Balaban J connectivity index is 2.02. The lowest BCUT2D eigenvalue weighted by Gasteiger charge is -2.16. The Kier molecular flexibility index (Phi) is 3.56. The zero-order valence-corrected chi connectivity index (χ0v) is 10.1. The van der Waals surface area contributed by atoms with E-state index in [2.05, 4.69) is 5.32 Å². The van der Waals surface area contributed by atoms with Crippen LogP contribution in [0.1, 0.15) is 19.3 Å². The third-order valence-electron chi connectivity index (χ3n) is 3.13. The molecule has 0 heterocycles. The molecule has 1 saturated carbocycles. The van der Waals surface area contributed by atoms with Crippen molar-refractivity contribution in [1.29, 1.82) is 0 Å². The quantitative estimate of drug-likeness (QED) is 0.799. The highest BCUT2D eigenvalue weighted by molar-refractivity contribution is 6.33. The number of halogens is 1. The molecular weight excluding hydrogens is 224 g/mol. The molecule has 0 spiro atoms. The first kappa shape index (κ1) is 11.6. The number of rotatable bonds is 3. The minimum atomic E-state index is 0.373. The second-order valence-electron chi connectivity index (χ2n) is 4.21. The smallest absolute Gasteiger partial charge is 0.0739 e. The van der Waals surface area contributed by atoms with Gasteiger partial charge in [0.2, 0.25) is 0 Å². The van der Waals surface area contributed by atoms with E-state index >= 15 is 0 Å². The summed E-state index contributed by atoms with van der Waals surface area (Å²) in [5, 5.41) is 4.03. The molecule has 3 nitrogen and oxygen atoms in total. The highest BCUT2D eigenvalue weighted by atomic mass is 35.5. The molecule has 2 rings (SSSR count). The van der Waals surface area contributed by atoms with E-state index in [1.54, 1.807) is 13.2 Å². The number of nitrogens with two attached hydrogens (primary N) is 1. The summed E-state index contributed by atoms with van der Waals surface area (Å²) in [6.45, 7) is 0. The second kappa shape index (κ2) is 4.93. The van der Waals surface area contributed by atoms with Gasteiger partial charge in [-0.05, 0) is 31.4 Å². The third kappa shape index (κ3) is 2.42. The van der Waals surface area contributed by atoms with Crippen LogP contribution < -0.4 is 11.1 Å². The number of para-hydroxylation sites is 1. The maximum Gasteiger partial charge on any atom is 0.0739 e. The predicted molar refractivity (Wildman–Crippen MR) is 67.9 cm³/mol. The molecule has 1 aliphatic rings. The lowest BCUT2D eigenvalue weighted by Crippen LogP contribution is -2.18. The first-order chi connectivity index (χ1) is 7.70. The average Bonchev–Trinajstić information content (AvgIpc) is 2.73. The highest BCUT2D eigenvalue weighted by Gasteiger charge is 2.24. The minimum Gasteiger partial charge on any atom is -0.396 e. The zero-order valence-electron chi connectivity index (χ0n) is 9.37. The van der Waals surface area contributed by atoms with Crippen LogP contribution in [0.15, 0.2) is 18.2 Å². The predicted octanol–water partition coefficient (Wildman–Crippen LogP) is 2.90. The van der Waals surface area contributed by atoms with Crippen molar-refractivity contribution in [3.63, 3.8) is 0 Å². The molecule has 0 radical (unpaired) electrons. The molecule has 4 heteroatoms. The van der Waals surface area contributed by atoms with Gasteiger partial charge in [-0.2, -0.15) is 0 Å². The van der Waals surface area contributed by atoms with Gasteiger partial charge in [0.25, 0.3) is 0 Å². The van der Waals surface area contributed by atoms with Gasteiger partial charge in [-0.1, -0.05) is 17.7 Å². The Hall–Kier alpha value is -0.930. The second-order valence-corrected chi connectivity index (χ2v) is 4.62. The van der Waals surface area contributed by atoms with Crippen LogP contribution in [0.5, 0.6) is 0 Å². The molecule has 16 heavy (non-hydrogen) atoms. The van der Waals surface area contributed by atoms with E-state index in [4.69, 9.17) is 22.1 Å². The molecule has 0 bridgehead atoms. The van der Waals surface area contributed by atoms with Crippen molar-refractivity contribution >= 4 is 23.0 Å². The lowest BCUT2D eigenvalue weighted by atomic mass is 10.2. The summed E-state index contributed by atoms with van der Waals surface area (Å²) in [7, 11) is 1.76. The van der Waals surface area contributed by atoms with Gasteiger partial charge in [0.15, 0.2) is 0 Å². The van der Waals surface area contributed by atoms with Crippen LogP contribution in [0, 0.1) is 0 Å². The van der Waals surface area contributed by atoms with E-state index in [0.29, 0.717) is 22.9 Å². The summed E-state index contributed by atoms with van der Waals surface area (Å²) in [6.07, 6.45) is 3.62. The zero-order chi connectivity index (χ0) is 11.5. The van der Waals surface area contributed by atoms with Gasteiger partial charge in [-0.3, -0.25) is 0 Å². The van der Waals surface area contributed by atoms with Crippen molar-refractivity contribution in [3.8, 4) is 0 Å². The SMILES string of the molecule is COC1CCC(Nc2cccc(Cl)c2N)C1. The summed E-state index contributed by atoms with van der Waals surface area (Å²) in [5.41, 5.74) is 7.46. The lowest BCUT2D eigenvalue weighted by molar-refractivity contribution is 0.108. The maximum atomic E-state index is 5.97. The first-order valence-corrected chi connectivity index (χ1v) is 5.92. The normalized spacial score (nSPS) is 24.6. The van der Waals surface area contributed by atoms with Crippen LogP contribution in [0.2, 0.25) is 5.02 Å². The molecule has 0 saturated heterocycles. The van der Waals surface area contributed by atoms with Crippen molar-refractivity contribution in [2.75, 3.05) is 18.2 Å². The Labute approximate surface area is 101 Å². The molecule has 2 unspecified atom stereocenters. The number of benzene rings is 1. The number of ether oxygens (including phenoxy) is 1. The molecule has 3 N–H and O–H groups in total. The Bertz CT molecular complexity index is 370. The third-order valence-corrected chi connectivity index (χ3v) is 3.46. The van der Waals surface area contributed by atoms with Crippen LogP contribution in [-0.2, 0) is 4.74 Å². The molecule has 0 aliphatic heterocycles. The van der Waals surface area contributed by atoms with Crippen molar-refractivity contribution in [3.05, 3.63) is 23.2 Å². The van der Waals surface area contributed by atoms with Gasteiger partial charge in [0, 0.05) is 13.2 Å². The van der Waals surface area contributed by atoms with E-state index in [1.165, 1.54) is 0 Å². The topological polar surface area (TPSA) is 47.3 Å². The molecule has 1 aromatic rings. The van der Waals surface area contributed by atoms with Crippen LogP contribution >= 0.6 is 11.6 Å². The summed E-state index contributed by atoms with van der Waals surface area (Å²) in [5.74, 6) is 0. The standard InChI is InChI=1S/C12H17ClN2O/c1-16-9-6-5-8(7-9)15-11-4-2-3-10(13)12(11)14/h2-4,8-9,15H,5-7,14H2,1H3. The molecule has 1 aliphatic carbocycles. The molecule has 1 fully saturated rings. The molecule has 2 atom stereocenters. The maximum absolute atomic E-state index is 5.97. The van der Waals surface area contributed by atoms with E-state index in [9.17, 15) is 0 Å².